The van der Waals surface area contributed by atoms with Crippen LogP contribution in [0.15, 0.2) is 24.3 Å². The van der Waals surface area contributed by atoms with Crippen molar-refractivity contribution >= 4 is 15.7 Å². The van der Waals surface area contributed by atoms with Gasteiger partial charge in [-0.1, -0.05) is 25.0 Å². The van der Waals surface area contributed by atoms with Gasteiger partial charge >= 0.3 is 0 Å². The minimum absolute atomic E-state index is 0.0894. The van der Waals surface area contributed by atoms with E-state index < -0.39 is 20.5 Å². The maximum absolute atomic E-state index is 12.1. The predicted molar refractivity (Wildman–Crippen MR) is 75.7 cm³/mol. The van der Waals surface area contributed by atoms with E-state index in [1.165, 1.54) is 24.3 Å². The van der Waals surface area contributed by atoms with E-state index in [0.29, 0.717) is 18.4 Å². The second-order valence-electron chi connectivity index (χ2n) is 5.19. The number of hydrogen-bond donors (Lipinski definition) is 1. The molecule has 1 aromatic rings. The van der Waals surface area contributed by atoms with Gasteiger partial charge in [0, 0.05) is 12.1 Å². The van der Waals surface area contributed by atoms with Crippen LogP contribution in [0.1, 0.15) is 31.2 Å². The first-order valence-corrected chi connectivity index (χ1v) is 8.17. The molecule has 1 aromatic carbocycles. The minimum atomic E-state index is -3.66. The highest BCUT2D eigenvalue weighted by molar-refractivity contribution is 7.88. The summed E-state index contributed by atoms with van der Waals surface area (Å²) in [5, 5.41) is 19.7. The SMILES string of the molecule is N#CC1(NS(=O)(=O)Cc2ccc([N+](=O)[O-])cc2)CCCC1. The summed E-state index contributed by atoms with van der Waals surface area (Å²) < 4.78 is 26.8. The highest BCUT2D eigenvalue weighted by Gasteiger charge is 2.37. The van der Waals surface area contributed by atoms with Gasteiger partial charge in [-0.25, -0.2) is 8.42 Å². The van der Waals surface area contributed by atoms with Gasteiger partial charge in [0.25, 0.3) is 5.69 Å². The Morgan fingerprint density at radius 3 is 2.33 bits per heavy atom. The van der Waals surface area contributed by atoms with Gasteiger partial charge in [-0.3, -0.25) is 10.1 Å². The zero-order valence-electron chi connectivity index (χ0n) is 11.3. The molecule has 1 aliphatic carbocycles. The molecule has 0 amide bonds. The number of sulfonamides is 1. The molecule has 1 saturated carbocycles. The lowest BCUT2D eigenvalue weighted by Gasteiger charge is -2.21. The number of nitrogens with one attached hydrogen (secondary N) is 1. The van der Waals surface area contributed by atoms with Crippen LogP contribution < -0.4 is 4.72 Å². The van der Waals surface area contributed by atoms with Crippen LogP contribution >= 0.6 is 0 Å². The van der Waals surface area contributed by atoms with E-state index in [1.807, 2.05) is 0 Å². The summed E-state index contributed by atoms with van der Waals surface area (Å²) in [5.74, 6) is -0.297. The Morgan fingerprint density at radius 1 is 1.29 bits per heavy atom. The fraction of sp³-hybridized carbons (Fsp3) is 0.462. The van der Waals surface area contributed by atoms with Crippen LogP contribution in [0.2, 0.25) is 0 Å². The predicted octanol–water partition coefficient (Wildman–Crippen LogP) is 1.85. The topological polar surface area (TPSA) is 113 Å². The first-order chi connectivity index (χ1) is 9.86. The highest BCUT2D eigenvalue weighted by Crippen LogP contribution is 2.30. The third-order valence-electron chi connectivity index (χ3n) is 3.53. The Labute approximate surface area is 122 Å². The second-order valence-corrected chi connectivity index (χ2v) is 6.91. The van der Waals surface area contributed by atoms with Crippen molar-refractivity contribution in [1.29, 1.82) is 5.26 Å². The quantitative estimate of drug-likeness (QED) is 0.658. The van der Waals surface area contributed by atoms with Gasteiger partial charge in [0.2, 0.25) is 10.0 Å². The van der Waals surface area contributed by atoms with Gasteiger partial charge in [-0.2, -0.15) is 9.98 Å². The standard InChI is InChI=1S/C13H15N3O4S/c14-10-13(7-1-2-8-13)15-21(19,20)9-11-3-5-12(6-4-11)16(17)18/h3-6,15H,1-2,7-9H2. The van der Waals surface area contributed by atoms with Gasteiger partial charge in [0.05, 0.1) is 16.7 Å². The summed E-state index contributed by atoms with van der Waals surface area (Å²) >= 11 is 0. The molecule has 0 aromatic heterocycles. The molecule has 1 aliphatic rings. The summed E-state index contributed by atoms with van der Waals surface area (Å²) in [4.78, 5) is 10.0. The summed E-state index contributed by atoms with van der Waals surface area (Å²) in [7, 11) is -3.66. The Hall–Kier alpha value is -1.98. The van der Waals surface area contributed by atoms with E-state index in [4.69, 9.17) is 0 Å². The van der Waals surface area contributed by atoms with Crippen molar-refractivity contribution in [2.24, 2.45) is 0 Å². The molecule has 1 N–H and O–H groups in total. The van der Waals surface area contributed by atoms with Crippen LogP contribution in [0.25, 0.3) is 0 Å². The molecule has 0 radical (unpaired) electrons. The van der Waals surface area contributed by atoms with Crippen molar-refractivity contribution in [2.45, 2.75) is 37.0 Å². The summed E-state index contributed by atoms with van der Waals surface area (Å²) in [6.07, 6.45) is 2.69. The van der Waals surface area contributed by atoms with Gasteiger partial charge < -0.3 is 0 Å². The monoisotopic (exact) mass is 309 g/mol. The van der Waals surface area contributed by atoms with Gasteiger partial charge in [0.15, 0.2) is 0 Å². The Balaban J connectivity index is 2.10. The van der Waals surface area contributed by atoms with Crippen molar-refractivity contribution in [3.8, 4) is 6.07 Å². The van der Waals surface area contributed by atoms with E-state index in [2.05, 4.69) is 10.8 Å². The lowest BCUT2D eigenvalue weighted by molar-refractivity contribution is -0.384. The number of hydrogen-bond acceptors (Lipinski definition) is 5. The van der Waals surface area contributed by atoms with E-state index >= 15 is 0 Å². The maximum Gasteiger partial charge on any atom is 0.269 e. The largest absolute Gasteiger partial charge is 0.269 e. The average Bonchev–Trinajstić information content (AvgIpc) is 2.87. The van der Waals surface area contributed by atoms with Crippen LogP contribution in [0.3, 0.4) is 0 Å². The number of nitriles is 1. The molecule has 0 bridgehead atoms. The van der Waals surface area contributed by atoms with Gasteiger partial charge in [-0.05, 0) is 18.4 Å². The lowest BCUT2D eigenvalue weighted by atomic mass is 10.0. The van der Waals surface area contributed by atoms with Crippen LogP contribution in [0.4, 0.5) is 5.69 Å². The van der Waals surface area contributed by atoms with Crippen molar-refractivity contribution in [3.05, 3.63) is 39.9 Å². The number of nitro benzene ring substituents is 1. The maximum atomic E-state index is 12.1. The molecule has 7 nitrogen and oxygen atoms in total. The molecule has 0 atom stereocenters. The summed E-state index contributed by atoms with van der Waals surface area (Å²) in [5.41, 5.74) is -0.646. The number of nitro groups is 1. The lowest BCUT2D eigenvalue weighted by Crippen LogP contribution is -2.45. The van der Waals surface area contributed by atoms with E-state index in [-0.39, 0.29) is 11.4 Å². The number of non-ortho nitro benzene ring substituents is 1. The molecular formula is C13H15N3O4S. The van der Waals surface area contributed by atoms with Crippen LogP contribution in [0.5, 0.6) is 0 Å². The van der Waals surface area contributed by atoms with Crippen molar-refractivity contribution in [3.63, 3.8) is 0 Å². The normalized spacial score (nSPS) is 17.3. The molecular weight excluding hydrogens is 294 g/mol. The van der Waals surface area contributed by atoms with E-state index in [1.54, 1.807) is 0 Å². The van der Waals surface area contributed by atoms with E-state index in [0.717, 1.165) is 12.8 Å². The molecule has 112 valence electrons. The van der Waals surface area contributed by atoms with Gasteiger partial charge in [0.1, 0.15) is 5.54 Å². The minimum Gasteiger partial charge on any atom is -0.258 e. The first kappa shape index (κ1) is 15.4. The van der Waals surface area contributed by atoms with Gasteiger partial charge in [-0.15, -0.1) is 0 Å². The Kier molecular flexibility index (Phi) is 4.25. The molecule has 0 aliphatic heterocycles. The fourth-order valence-electron chi connectivity index (χ4n) is 2.48. The highest BCUT2D eigenvalue weighted by atomic mass is 32.2. The molecule has 1 fully saturated rings. The average molecular weight is 309 g/mol. The van der Waals surface area contributed by atoms with Crippen molar-refractivity contribution in [2.75, 3.05) is 0 Å². The molecule has 0 unspecified atom stereocenters. The number of rotatable bonds is 5. The first-order valence-electron chi connectivity index (χ1n) is 6.52. The molecule has 0 spiro atoms. The third kappa shape index (κ3) is 3.77. The summed E-state index contributed by atoms with van der Waals surface area (Å²) in [6, 6.07) is 7.41. The second kappa shape index (κ2) is 5.79. The number of benzene rings is 1. The smallest absolute Gasteiger partial charge is 0.258 e. The molecule has 0 saturated heterocycles. The Bertz CT molecular complexity index is 670. The fourth-order valence-corrected chi connectivity index (χ4v) is 4.03. The third-order valence-corrected chi connectivity index (χ3v) is 4.94. The van der Waals surface area contributed by atoms with Crippen LogP contribution in [-0.2, 0) is 15.8 Å². The van der Waals surface area contributed by atoms with E-state index in [9.17, 15) is 23.8 Å². The molecule has 2 rings (SSSR count). The van der Waals surface area contributed by atoms with Crippen LogP contribution in [0, 0.1) is 21.4 Å². The van der Waals surface area contributed by atoms with Crippen molar-refractivity contribution in [1.82, 2.24) is 4.72 Å². The van der Waals surface area contributed by atoms with Crippen LogP contribution in [-0.4, -0.2) is 18.9 Å². The Morgan fingerprint density at radius 2 is 1.86 bits per heavy atom. The molecule has 8 heteroatoms. The molecule has 21 heavy (non-hydrogen) atoms. The van der Waals surface area contributed by atoms with Crippen molar-refractivity contribution < 1.29 is 13.3 Å². The zero-order chi connectivity index (χ0) is 15.5. The summed E-state index contributed by atoms with van der Waals surface area (Å²) in [6.45, 7) is 0. The zero-order valence-corrected chi connectivity index (χ0v) is 12.1. The number of nitrogens with zero attached hydrogens (tertiary/aromatic N) is 2. The molecule has 0 heterocycles.